The number of halogens is 2. The molecule has 1 atom stereocenters. The molecule has 5 heteroatoms. The van der Waals surface area contributed by atoms with Gasteiger partial charge in [-0.05, 0) is 60.2 Å². The molecule has 0 bridgehead atoms. The largest absolute Gasteiger partial charge is 0.341 e. The summed E-state index contributed by atoms with van der Waals surface area (Å²) in [5.74, 6) is 1.85. The summed E-state index contributed by atoms with van der Waals surface area (Å²) in [6.45, 7) is 0. The van der Waals surface area contributed by atoms with Gasteiger partial charge in [0, 0.05) is 15.7 Å². The van der Waals surface area contributed by atoms with Crippen molar-refractivity contribution in [3.8, 4) is 0 Å². The first kappa shape index (κ1) is 20.3. The Bertz CT molecular complexity index is 988. The average Bonchev–Trinajstić information content (AvgIpc) is 3.56. The third kappa shape index (κ3) is 5.36. The maximum atomic E-state index is 12.9. The van der Waals surface area contributed by atoms with E-state index in [1.807, 2.05) is 42.1 Å². The lowest BCUT2D eigenvalue weighted by Crippen LogP contribution is -2.29. The summed E-state index contributed by atoms with van der Waals surface area (Å²) >= 11 is 14.1. The number of thioether (sulfide) groups is 1. The number of carbonyl (C=O) groups excluding carboxylic acids is 1. The quantitative estimate of drug-likeness (QED) is 0.399. The van der Waals surface area contributed by atoms with E-state index in [0.717, 1.165) is 17.0 Å². The van der Waals surface area contributed by atoms with E-state index in [1.54, 1.807) is 18.2 Å². The molecule has 1 aliphatic carbocycles. The van der Waals surface area contributed by atoms with E-state index >= 15 is 0 Å². The highest BCUT2D eigenvalue weighted by Crippen LogP contribution is 2.35. The lowest BCUT2D eigenvalue weighted by atomic mass is 9.98. The minimum atomic E-state index is -0.266. The summed E-state index contributed by atoms with van der Waals surface area (Å²) < 4.78 is 0. The van der Waals surface area contributed by atoms with Gasteiger partial charge in [-0.15, -0.1) is 11.8 Å². The number of benzene rings is 3. The molecule has 0 radical (unpaired) electrons. The van der Waals surface area contributed by atoms with Gasteiger partial charge in [-0.3, -0.25) is 4.79 Å². The van der Waals surface area contributed by atoms with Crippen LogP contribution in [-0.4, -0.2) is 11.7 Å². The Balaban J connectivity index is 1.57. The van der Waals surface area contributed by atoms with Gasteiger partial charge in [0.2, 0.25) is 0 Å². The predicted molar refractivity (Wildman–Crippen MR) is 122 cm³/mol. The fourth-order valence-electron chi connectivity index (χ4n) is 3.14. The molecule has 1 unspecified atom stereocenters. The number of hydrogen-bond donors (Lipinski definition) is 1. The van der Waals surface area contributed by atoms with Crippen molar-refractivity contribution in [1.82, 2.24) is 5.32 Å². The highest BCUT2D eigenvalue weighted by atomic mass is 35.5. The van der Waals surface area contributed by atoms with Crippen LogP contribution >= 0.6 is 35.0 Å². The zero-order valence-electron chi connectivity index (χ0n) is 15.8. The van der Waals surface area contributed by atoms with E-state index in [1.165, 1.54) is 23.5 Å². The van der Waals surface area contributed by atoms with E-state index in [4.69, 9.17) is 23.2 Å². The SMILES string of the molecule is O=C(NC(c1ccccc1)c1ccc(SCC2CC2)cc1)c1ccc(Cl)cc1Cl. The van der Waals surface area contributed by atoms with Gasteiger partial charge in [0.15, 0.2) is 0 Å². The lowest BCUT2D eigenvalue weighted by Gasteiger charge is -2.21. The van der Waals surface area contributed by atoms with Crippen LogP contribution in [0.25, 0.3) is 0 Å². The molecule has 3 aromatic carbocycles. The van der Waals surface area contributed by atoms with Crippen LogP contribution in [0.5, 0.6) is 0 Å². The lowest BCUT2D eigenvalue weighted by molar-refractivity contribution is 0.0943. The van der Waals surface area contributed by atoms with Gasteiger partial charge in [-0.1, -0.05) is 65.7 Å². The van der Waals surface area contributed by atoms with Crippen LogP contribution in [0.15, 0.2) is 77.7 Å². The second kappa shape index (κ2) is 9.25. The highest BCUT2D eigenvalue weighted by molar-refractivity contribution is 7.99. The van der Waals surface area contributed by atoms with Crippen LogP contribution in [-0.2, 0) is 0 Å². The van der Waals surface area contributed by atoms with Crippen molar-refractivity contribution >= 4 is 40.9 Å². The minimum Gasteiger partial charge on any atom is -0.341 e. The van der Waals surface area contributed by atoms with E-state index in [-0.39, 0.29) is 11.9 Å². The zero-order valence-corrected chi connectivity index (χ0v) is 18.1. The maximum absolute atomic E-state index is 12.9. The minimum absolute atomic E-state index is 0.229. The molecular weight excluding hydrogens is 421 g/mol. The number of nitrogens with one attached hydrogen (secondary N) is 1. The second-order valence-electron chi connectivity index (χ2n) is 7.26. The summed E-state index contributed by atoms with van der Waals surface area (Å²) in [7, 11) is 0. The van der Waals surface area contributed by atoms with Crippen molar-refractivity contribution in [3.63, 3.8) is 0 Å². The summed E-state index contributed by atoms with van der Waals surface area (Å²) in [4.78, 5) is 14.2. The molecule has 3 aromatic rings. The van der Waals surface area contributed by atoms with Crippen molar-refractivity contribution in [2.24, 2.45) is 5.92 Å². The molecule has 0 saturated heterocycles. The fourth-order valence-corrected chi connectivity index (χ4v) is 4.73. The van der Waals surface area contributed by atoms with Crippen LogP contribution in [0.3, 0.4) is 0 Å². The Hall–Kier alpha value is -1.94. The second-order valence-corrected chi connectivity index (χ2v) is 9.20. The van der Waals surface area contributed by atoms with Crippen molar-refractivity contribution in [3.05, 3.63) is 99.5 Å². The topological polar surface area (TPSA) is 29.1 Å². The van der Waals surface area contributed by atoms with Gasteiger partial charge in [0.25, 0.3) is 5.91 Å². The third-order valence-electron chi connectivity index (χ3n) is 4.98. The Morgan fingerprint density at radius 1 is 0.966 bits per heavy atom. The molecule has 0 spiro atoms. The van der Waals surface area contributed by atoms with Gasteiger partial charge in [-0.2, -0.15) is 0 Å². The van der Waals surface area contributed by atoms with Gasteiger partial charge < -0.3 is 5.32 Å². The molecule has 1 saturated carbocycles. The standard InChI is InChI=1S/C24H21Cl2NOS/c25-19-10-13-21(22(26)14-19)24(28)27-23(17-4-2-1-3-5-17)18-8-11-20(12-9-18)29-15-16-6-7-16/h1-5,8-14,16,23H,6-7,15H2,(H,27,28). The number of rotatable bonds is 7. The summed E-state index contributed by atoms with van der Waals surface area (Å²) in [5.41, 5.74) is 2.46. The molecule has 0 heterocycles. The fraction of sp³-hybridized carbons (Fsp3) is 0.208. The van der Waals surface area contributed by atoms with Crippen LogP contribution in [0.4, 0.5) is 0 Å². The van der Waals surface area contributed by atoms with Crippen LogP contribution < -0.4 is 5.32 Å². The average molecular weight is 442 g/mol. The van der Waals surface area contributed by atoms with Crippen molar-refractivity contribution in [2.75, 3.05) is 5.75 Å². The molecule has 1 aliphatic rings. The summed E-state index contributed by atoms with van der Waals surface area (Å²) in [6, 6.07) is 23.1. The molecule has 2 nitrogen and oxygen atoms in total. The monoisotopic (exact) mass is 441 g/mol. The molecular formula is C24H21Cl2NOS. The smallest absolute Gasteiger partial charge is 0.253 e. The van der Waals surface area contributed by atoms with Gasteiger partial charge in [-0.25, -0.2) is 0 Å². The molecule has 0 aliphatic heterocycles. The Kier molecular flexibility index (Phi) is 6.49. The molecule has 1 fully saturated rings. The molecule has 1 amide bonds. The van der Waals surface area contributed by atoms with Crippen LogP contribution in [0, 0.1) is 5.92 Å². The van der Waals surface area contributed by atoms with Crippen molar-refractivity contribution < 1.29 is 4.79 Å². The Morgan fingerprint density at radius 2 is 1.66 bits per heavy atom. The first-order valence-electron chi connectivity index (χ1n) is 9.64. The maximum Gasteiger partial charge on any atom is 0.253 e. The number of amides is 1. The van der Waals surface area contributed by atoms with Gasteiger partial charge in [0.1, 0.15) is 0 Å². The van der Waals surface area contributed by atoms with Crippen LogP contribution in [0.1, 0.15) is 40.4 Å². The van der Waals surface area contributed by atoms with E-state index in [2.05, 4.69) is 29.6 Å². The molecule has 0 aromatic heterocycles. The highest BCUT2D eigenvalue weighted by Gasteiger charge is 2.22. The van der Waals surface area contributed by atoms with Crippen LogP contribution in [0.2, 0.25) is 10.0 Å². The molecule has 29 heavy (non-hydrogen) atoms. The predicted octanol–water partition coefficient (Wildman–Crippen LogP) is 7.01. The van der Waals surface area contributed by atoms with E-state index in [0.29, 0.717) is 15.6 Å². The van der Waals surface area contributed by atoms with E-state index < -0.39 is 0 Å². The first-order chi connectivity index (χ1) is 14.1. The molecule has 1 N–H and O–H groups in total. The first-order valence-corrected chi connectivity index (χ1v) is 11.4. The summed E-state index contributed by atoms with van der Waals surface area (Å²) in [6.07, 6.45) is 2.72. The number of hydrogen-bond acceptors (Lipinski definition) is 2. The zero-order chi connectivity index (χ0) is 20.2. The number of carbonyl (C=O) groups is 1. The Morgan fingerprint density at radius 3 is 2.31 bits per heavy atom. The van der Waals surface area contributed by atoms with E-state index in [9.17, 15) is 4.79 Å². The summed E-state index contributed by atoms with van der Waals surface area (Å²) in [5, 5.41) is 3.98. The van der Waals surface area contributed by atoms with Crippen molar-refractivity contribution in [1.29, 1.82) is 0 Å². The van der Waals surface area contributed by atoms with Crippen molar-refractivity contribution in [2.45, 2.75) is 23.8 Å². The normalized spacial score (nSPS) is 14.4. The molecule has 4 rings (SSSR count). The Labute approximate surface area is 185 Å². The van der Waals surface area contributed by atoms with Gasteiger partial charge >= 0.3 is 0 Å². The van der Waals surface area contributed by atoms with Gasteiger partial charge in [0.05, 0.1) is 16.6 Å². The third-order valence-corrected chi connectivity index (χ3v) is 6.77. The molecule has 148 valence electrons.